The molecule has 2 N–H and O–H groups in total. The molecule has 182 valence electrons. The maximum absolute atomic E-state index is 13.2. The van der Waals surface area contributed by atoms with Crippen LogP contribution in [0.5, 0.6) is 0 Å². The van der Waals surface area contributed by atoms with Crippen molar-refractivity contribution in [2.75, 3.05) is 36.0 Å². The number of aryl methyl sites for hydroxylation is 1. The van der Waals surface area contributed by atoms with Crippen molar-refractivity contribution < 1.29 is 4.39 Å². The molecule has 1 unspecified atom stereocenters. The SMILES string of the molecule is Cn1cc(-c2ccc3c(N4CCN(c5ncc(C(N)c6ccc(F)cc6)cn5)CC4)cnn3c2)cn1. The zero-order chi connectivity index (χ0) is 24.6. The third-order valence-corrected chi connectivity index (χ3v) is 6.68. The lowest BCUT2D eigenvalue weighted by molar-refractivity contribution is 0.626. The number of nitrogens with two attached hydrogens (primary N) is 1. The largest absolute Gasteiger partial charge is 0.365 e. The van der Waals surface area contributed by atoms with E-state index in [0.29, 0.717) is 5.95 Å². The van der Waals surface area contributed by atoms with Gasteiger partial charge in [0, 0.05) is 74.7 Å². The van der Waals surface area contributed by atoms with E-state index in [1.54, 1.807) is 29.2 Å². The molecule has 10 heteroatoms. The van der Waals surface area contributed by atoms with Gasteiger partial charge < -0.3 is 15.5 Å². The molecule has 1 saturated heterocycles. The molecule has 0 amide bonds. The van der Waals surface area contributed by atoms with Gasteiger partial charge in [-0.2, -0.15) is 10.2 Å². The number of fused-ring (bicyclic) bond motifs is 1. The number of anilines is 2. The molecule has 1 aliphatic rings. The molecule has 9 nitrogen and oxygen atoms in total. The fourth-order valence-corrected chi connectivity index (χ4v) is 4.62. The van der Waals surface area contributed by atoms with Gasteiger partial charge in [0.1, 0.15) is 5.82 Å². The van der Waals surface area contributed by atoms with Crippen LogP contribution in [0.4, 0.5) is 16.0 Å². The third kappa shape index (κ3) is 4.16. The van der Waals surface area contributed by atoms with E-state index < -0.39 is 6.04 Å². The molecule has 0 radical (unpaired) electrons. The quantitative estimate of drug-likeness (QED) is 0.411. The molecule has 0 saturated carbocycles. The highest BCUT2D eigenvalue weighted by atomic mass is 19.1. The molecule has 36 heavy (non-hydrogen) atoms. The fourth-order valence-electron chi connectivity index (χ4n) is 4.62. The summed E-state index contributed by atoms with van der Waals surface area (Å²) in [5, 5.41) is 8.86. The molecule has 1 aliphatic heterocycles. The highest BCUT2D eigenvalue weighted by molar-refractivity contribution is 5.75. The van der Waals surface area contributed by atoms with Crippen molar-refractivity contribution in [2.24, 2.45) is 12.8 Å². The summed E-state index contributed by atoms with van der Waals surface area (Å²) in [5.41, 5.74) is 12.3. The van der Waals surface area contributed by atoms with Crippen molar-refractivity contribution in [3.8, 4) is 11.1 Å². The smallest absolute Gasteiger partial charge is 0.225 e. The number of benzene rings is 1. The van der Waals surface area contributed by atoms with Gasteiger partial charge in [-0.05, 0) is 23.8 Å². The molecule has 4 aromatic heterocycles. The zero-order valence-corrected chi connectivity index (χ0v) is 19.9. The number of nitrogens with zero attached hydrogens (tertiary/aromatic N) is 8. The van der Waals surface area contributed by atoms with Crippen molar-refractivity contribution in [3.63, 3.8) is 0 Å². The Bertz CT molecular complexity index is 1480. The second kappa shape index (κ2) is 9.04. The van der Waals surface area contributed by atoms with Gasteiger partial charge in [-0.25, -0.2) is 18.9 Å². The molecule has 5 heterocycles. The fraction of sp³-hybridized carbons (Fsp3) is 0.231. The van der Waals surface area contributed by atoms with E-state index in [1.807, 2.05) is 36.4 Å². The molecule has 0 spiro atoms. The van der Waals surface area contributed by atoms with Crippen molar-refractivity contribution in [1.82, 2.24) is 29.4 Å². The minimum atomic E-state index is -0.397. The molecule has 5 aromatic rings. The van der Waals surface area contributed by atoms with E-state index in [4.69, 9.17) is 5.73 Å². The van der Waals surface area contributed by atoms with Gasteiger partial charge in [0.05, 0.1) is 29.6 Å². The number of halogens is 1. The topological polar surface area (TPSA) is 93.4 Å². The Kier molecular flexibility index (Phi) is 5.57. The van der Waals surface area contributed by atoms with Crippen LogP contribution in [0.15, 0.2) is 73.6 Å². The monoisotopic (exact) mass is 483 g/mol. The van der Waals surface area contributed by atoms with E-state index >= 15 is 0 Å². The second-order valence-electron chi connectivity index (χ2n) is 9.00. The average Bonchev–Trinajstić information content (AvgIpc) is 3.55. The Balaban J connectivity index is 1.12. The molecule has 0 bridgehead atoms. The number of pyridine rings is 1. The summed E-state index contributed by atoms with van der Waals surface area (Å²) in [7, 11) is 1.91. The molecule has 6 rings (SSSR count). The van der Waals surface area contributed by atoms with Gasteiger partial charge in [-0.1, -0.05) is 18.2 Å². The second-order valence-corrected chi connectivity index (χ2v) is 9.00. The minimum Gasteiger partial charge on any atom is -0.365 e. The Hall–Kier alpha value is -4.31. The van der Waals surface area contributed by atoms with Gasteiger partial charge in [0.25, 0.3) is 0 Å². The average molecular weight is 484 g/mol. The Morgan fingerprint density at radius 3 is 2.19 bits per heavy atom. The lowest BCUT2D eigenvalue weighted by Gasteiger charge is -2.35. The highest BCUT2D eigenvalue weighted by Crippen LogP contribution is 2.27. The van der Waals surface area contributed by atoms with Crippen LogP contribution in [0.1, 0.15) is 17.2 Å². The first-order chi connectivity index (χ1) is 17.5. The van der Waals surface area contributed by atoms with Gasteiger partial charge in [-0.15, -0.1) is 0 Å². The van der Waals surface area contributed by atoms with Gasteiger partial charge in [-0.3, -0.25) is 4.68 Å². The van der Waals surface area contributed by atoms with Crippen molar-refractivity contribution >= 4 is 17.2 Å². The number of piperazine rings is 1. The van der Waals surface area contributed by atoms with Crippen molar-refractivity contribution in [1.29, 1.82) is 0 Å². The van der Waals surface area contributed by atoms with Crippen LogP contribution < -0.4 is 15.5 Å². The number of hydrogen-bond donors (Lipinski definition) is 1. The maximum atomic E-state index is 13.2. The van der Waals surface area contributed by atoms with Crippen LogP contribution in [0.2, 0.25) is 0 Å². The minimum absolute atomic E-state index is 0.282. The maximum Gasteiger partial charge on any atom is 0.225 e. The van der Waals surface area contributed by atoms with Gasteiger partial charge in [0.2, 0.25) is 5.95 Å². The summed E-state index contributed by atoms with van der Waals surface area (Å²) in [6.45, 7) is 3.28. The number of hydrogen-bond acceptors (Lipinski definition) is 7. The van der Waals surface area contributed by atoms with E-state index in [2.05, 4.69) is 42.1 Å². The normalized spacial score (nSPS) is 15.0. The summed E-state index contributed by atoms with van der Waals surface area (Å²) < 4.78 is 16.9. The van der Waals surface area contributed by atoms with Crippen LogP contribution in [-0.4, -0.2) is 55.5 Å². The van der Waals surface area contributed by atoms with E-state index in [9.17, 15) is 4.39 Å². The van der Waals surface area contributed by atoms with E-state index in [1.165, 1.54) is 12.1 Å². The lowest BCUT2D eigenvalue weighted by atomic mass is 10.0. The van der Waals surface area contributed by atoms with E-state index in [0.717, 1.165) is 59.6 Å². The third-order valence-electron chi connectivity index (χ3n) is 6.68. The predicted octanol–water partition coefficient (Wildman–Crippen LogP) is 3.04. The first kappa shape index (κ1) is 22.2. The summed E-state index contributed by atoms with van der Waals surface area (Å²) in [4.78, 5) is 13.7. The molecular formula is C26H26FN9. The Morgan fingerprint density at radius 2 is 1.50 bits per heavy atom. The Morgan fingerprint density at radius 1 is 0.778 bits per heavy atom. The highest BCUT2D eigenvalue weighted by Gasteiger charge is 2.22. The molecule has 0 aliphatic carbocycles. The lowest BCUT2D eigenvalue weighted by Crippen LogP contribution is -2.47. The first-order valence-corrected chi connectivity index (χ1v) is 11.8. The molecule has 1 aromatic carbocycles. The Labute approximate surface area is 207 Å². The predicted molar refractivity (Wildman–Crippen MR) is 136 cm³/mol. The van der Waals surface area contributed by atoms with Crippen molar-refractivity contribution in [3.05, 3.63) is 90.5 Å². The van der Waals surface area contributed by atoms with Crippen LogP contribution in [0, 0.1) is 5.82 Å². The van der Waals surface area contributed by atoms with Crippen LogP contribution in [-0.2, 0) is 7.05 Å². The van der Waals surface area contributed by atoms with Crippen molar-refractivity contribution in [2.45, 2.75) is 6.04 Å². The summed E-state index contributed by atoms with van der Waals surface area (Å²) >= 11 is 0. The van der Waals surface area contributed by atoms with E-state index in [-0.39, 0.29) is 5.82 Å². The summed E-state index contributed by atoms with van der Waals surface area (Å²) in [6, 6.07) is 10.0. The molecule has 1 atom stereocenters. The number of rotatable bonds is 5. The van der Waals surface area contributed by atoms with Crippen LogP contribution in [0.25, 0.3) is 16.6 Å². The number of aromatic nitrogens is 6. The van der Waals surface area contributed by atoms with Gasteiger partial charge >= 0.3 is 0 Å². The molecule has 1 fully saturated rings. The summed E-state index contributed by atoms with van der Waals surface area (Å²) in [5.74, 6) is 0.404. The van der Waals surface area contributed by atoms with Crippen LogP contribution in [0.3, 0.4) is 0 Å². The van der Waals surface area contributed by atoms with Gasteiger partial charge in [0.15, 0.2) is 0 Å². The summed E-state index contributed by atoms with van der Waals surface area (Å²) in [6.07, 6.45) is 11.3. The van der Waals surface area contributed by atoms with Crippen LogP contribution >= 0.6 is 0 Å². The standard InChI is InChI=1S/C26H26FN9/c1-33-16-21(14-31-33)19-4-7-23-24(15-32-36(23)17-19)34-8-10-35(11-9-34)26-29-12-20(13-30-26)25(28)18-2-5-22(27)6-3-18/h2-7,12-17,25H,8-11,28H2,1H3. The zero-order valence-electron chi connectivity index (χ0n) is 19.9. The molecular weight excluding hydrogens is 457 g/mol. The first-order valence-electron chi connectivity index (χ1n) is 11.8.